The number of benzene rings is 3. The van der Waals surface area contributed by atoms with Gasteiger partial charge in [-0.3, -0.25) is 13.9 Å². The zero-order valence-electron chi connectivity index (χ0n) is 24.8. The molecule has 3 rings (SSSR count). The molecule has 0 aromatic heterocycles. The molecule has 3 aromatic rings. The molecule has 9 nitrogen and oxygen atoms in total. The third-order valence-corrected chi connectivity index (χ3v) is 8.95. The van der Waals surface area contributed by atoms with Crippen molar-refractivity contribution in [1.29, 1.82) is 0 Å². The number of hydrogen-bond acceptors (Lipinski definition) is 6. The highest BCUT2D eigenvalue weighted by molar-refractivity contribution is 7.92. The molecule has 0 bridgehead atoms. The highest BCUT2D eigenvalue weighted by atomic mass is 35.5. The van der Waals surface area contributed by atoms with Gasteiger partial charge in [0.2, 0.25) is 11.8 Å². The van der Waals surface area contributed by atoms with Gasteiger partial charge in [-0.25, -0.2) is 8.42 Å². The first-order valence-electron chi connectivity index (χ1n) is 13.7. The summed E-state index contributed by atoms with van der Waals surface area (Å²) < 4.78 is 39.8. The topological polar surface area (TPSA) is 105 Å². The predicted octanol–water partition coefficient (Wildman–Crippen LogP) is 5.79. The molecule has 1 unspecified atom stereocenters. The number of rotatable bonds is 14. The molecule has 2 amide bonds. The molecule has 1 N–H and O–H groups in total. The van der Waals surface area contributed by atoms with E-state index in [0.717, 1.165) is 9.87 Å². The van der Waals surface area contributed by atoms with Crippen LogP contribution in [0.1, 0.15) is 32.8 Å². The first-order chi connectivity index (χ1) is 20.4. The number of amides is 2. The number of hydrogen-bond donors (Lipinski definition) is 1. The summed E-state index contributed by atoms with van der Waals surface area (Å²) in [6.07, 6.45) is 0.312. The number of anilines is 1. The van der Waals surface area contributed by atoms with Crippen molar-refractivity contribution in [1.82, 2.24) is 10.2 Å². The number of carbonyl (C=O) groups excluding carboxylic acids is 2. The third kappa shape index (κ3) is 8.78. The van der Waals surface area contributed by atoms with Crippen LogP contribution in [-0.2, 0) is 26.2 Å². The first kappa shape index (κ1) is 34.0. The molecule has 0 heterocycles. The van der Waals surface area contributed by atoms with Gasteiger partial charge in [0, 0.05) is 29.2 Å². The Balaban J connectivity index is 2.08. The molecule has 1 atom stereocenters. The van der Waals surface area contributed by atoms with E-state index >= 15 is 0 Å². The standard InChI is InChI=1S/C31H37Cl2N3O6S/c1-6-27(31(38)34-18-21(2)3)35(19-22-7-9-23(32)10-8-22)30(37)20-36(25-13-11-24(33)12-14-25)43(39,40)26-15-16-28(41-4)29(17-26)42-5/h7-17,21,27H,6,18-20H2,1-5H3,(H,34,38). The van der Waals surface area contributed by atoms with Crippen LogP contribution < -0.4 is 19.1 Å². The molecule has 43 heavy (non-hydrogen) atoms. The van der Waals surface area contributed by atoms with Crippen LogP contribution in [-0.4, -0.2) is 58.5 Å². The maximum Gasteiger partial charge on any atom is 0.264 e. The minimum atomic E-state index is -4.32. The Bertz CT molecular complexity index is 1500. The van der Waals surface area contributed by atoms with E-state index in [1.165, 1.54) is 61.6 Å². The maximum atomic E-state index is 14.2. The number of carbonyl (C=O) groups is 2. The van der Waals surface area contributed by atoms with Crippen LogP contribution in [0, 0.1) is 5.92 Å². The first-order valence-corrected chi connectivity index (χ1v) is 15.9. The van der Waals surface area contributed by atoms with Gasteiger partial charge < -0.3 is 19.7 Å². The molecule has 0 aliphatic rings. The molecule has 0 spiro atoms. The van der Waals surface area contributed by atoms with E-state index in [1.807, 2.05) is 13.8 Å². The van der Waals surface area contributed by atoms with Crippen LogP contribution in [0.15, 0.2) is 71.6 Å². The van der Waals surface area contributed by atoms with Crippen molar-refractivity contribution < 1.29 is 27.5 Å². The summed E-state index contributed by atoms with van der Waals surface area (Å²) >= 11 is 12.2. The van der Waals surface area contributed by atoms with Crippen molar-refractivity contribution in [2.45, 2.75) is 44.7 Å². The van der Waals surface area contributed by atoms with Crippen molar-refractivity contribution >= 4 is 50.7 Å². The lowest BCUT2D eigenvalue weighted by atomic mass is 10.1. The molecule has 0 fully saturated rings. The van der Waals surface area contributed by atoms with Crippen LogP contribution >= 0.6 is 23.2 Å². The molecule has 0 radical (unpaired) electrons. The fourth-order valence-corrected chi connectivity index (χ4v) is 6.05. The fraction of sp³-hybridized carbons (Fsp3) is 0.355. The Hall–Kier alpha value is -3.47. The van der Waals surface area contributed by atoms with Crippen LogP contribution in [0.2, 0.25) is 10.0 Å². The Kier molecular flexibility index (Phi) is 12.1. The molecular weight excluding hydrogens is 613 g/mol. The Labute approximate surface area is 263 Å². The van der Waals surface area contributed by atoms with E-state index in [9.17, 15) is 18.0 Å². The van der Waals surface area contributed by atoms with Gasteiger partial charge in [-0.15, -0.1) is 0 Å². The zero-order chi connectivity index (χ0) is 31.7. The fourth-order valence-electron chi connectivity index (χ4n) is 4.37. The number of methoxy groups -OCH3 is 2. The molecule has 12 heteroatoms. The molecule has 0 aliphatic carbocycles. The highest BCUT2D eigenvalue weighted by Crippen LogP contribution is 2.33. The van der Waals surface area contributed by atoms with Crippen LogP contribution in [0.3, 0.4) is 0 Å². The molecule has 0 saturated heterocycles. The smallest absolute Gasteiger partial charge is 0.264 e. The van der Waals surface area contributed by atoms with Gasteiger partial charge in [0.1, 0.15) is 12.6 Å². The van der Waals surface area contributed by atoms with Crippen molar-refractivity contribution in [3.63, 3.8) is 0 Å². The van der Waals surface area contributed by atoms with Crippen molar-refractivity contribution in [3.8, 4) is 11.5 Å². The summed E-state index contributed by atoms with van der Waals surface area (Å²) in [5, 5.41) is 3.83. The quantitative estimate of drug-likeness (QED) is 0.237. The lowest BCUT2D eigenvalue weighted by Crippen LogP contribution is -2.52. The summed E-state index contributed by atoms with van der Waals surface area (Å²) in [5.74, 6) is -0.125. The van der Waals surface area contributed by atoms with E-state index in [4.69, 9.17) is 32.7 Å². The lowest BCUT2D eigenvalue weighted by molar-refractivity contribution is -0.140. The minimum absolute atomic E-state index is 0.0640. The zero-order valence-corrected chi connectivity index (χ0v) is 27.2. The second-order valence-corrected chi connectivity index (χ2v) is 13.0. The van der Waals surface area contributed by atoms with E-state index in [-0.39, 0.29) is 34.7 Å². The van der Waals surface area contributed by atoms with E-state index in [2.05, 4.69) is 5.32 Å². The largest absolute Gasteiger partial charge is 0.493 e. The Morgan fingerprint density at radius 1 is 0.884 bits per heavy atom. The van der Waals surface area contributed by atoms with Gasteiger partial charge in [0.25, 0.3) is 10.0 Å². The summed E-state index contributed by atoms with van der Waals surface area (Å²) in [4.78, 5) is 28.8. The number of nitrogens with zero attached hydrogens (tertiary/aromatic N) is 2. The molecule has 0 aliphatic heterocycles. The van der Waals surface area contributed by atoms with Crippen molar-refractivity contribution in [3.05, 3.63) is 82.3 Å². The van der Waals surface area contributed by atoms with Crippen molar-refractivity contribution in [2.24, 2.45) is 5.92 Å². The Morgan fingerprint density at radius 3 is 2.00 bits per heavy atom. The van der Waals surface area contributed by atoms with Crippen molar-refractivity contribution in [2.75, 3.05) is 31.6 Å². The van der Waals surface area contributed by atoms with Crippen LogP contribution in [0.25, 0.3) is 0 Å². The average Bonchev–Trinajstić information content (AvgIpc) is 2.99. The average molecular weight is 651 g/mol. The van der Waals surface area contributed by atoms with E-state index in [1.54, 1.807) is 31.2 Å². The van der Waals surface area contributed by atoms with Gasteiger partial charge >= 0.3 is 0 Å². The van der Waals surface area contributed by atoms with Crippen LogP contribution in [0.4, 0.5) is 5.69 Å². The molecule has 232 valence electrons. The molecular formula is C31H37Cl2N3O6S. The molecule has 3 aromatic carbocycles. The third-order valence-electron chi connectivity index (χ3n) is 6.67. The van der Waals surface area contributed by atoms with Gasteiger partial charge in [-0.2, -0.15) is 0 Å². The van der Waals surface area contributed by atoms with Crippen LogP contribution in [0.5, 0.6) is 11.5 Å². The lowest BCUT2D eigenvalue weighted by Gasteiger charge is -2.33. The van der Waals surface area contributed by atoms with Gasteiger partial charge in [-0.1, -0.05) is 56.1 Å². The monoisotopic (exact) mass is 649 g/mol. The van der Waals surface area contributed by atoms with Gasteiger partial charge in [0.05, 0.1) is 24.8 Å². The SMILES string of the molecule is CCC(C(=O)NCC(C)C)N(Cc1ccc(Cl)cc1)C(=O)CN(c1ccc(Cl)cc1)S(=O)(=O)c1ccc(OC)c(OC)c1. The summed E-state index contributed by atoms with van der Waals surface area (Å²) in [6, 6.07) is 16.4. The summed E-state index contributed by atoms with van der Waals surface area (Å²) in [6.45, 7) is 5.66. The number of sulfonamides is 1. The number of nitrogens with one attached hydrogen (secondary N) is 1. The molecule has 0 saturated carbocycles. The maximum absolute atomic E-state index is 14.2. The van der Waals surface area contributed by atoms with Gasteiger partial charge in [-0.05, 0) is 66.4 Å². The van der Waals surface area contributed by atoms with E-state index < -0.39 is 28.5 Å². The van der Waals surface area contributed by atoms with Gasteiger partial charge in [0.15, 0.2) is 11.5 Å². The summed E-state index contributed by atoms with van der Waals surface area (Å²) in [7, 11) is -1.47. The number of ether oxygens (including phenoxy) is 2. The second kappa shape index (κ2) is 15.3. The Morgan fingerprint density at radius 2 is 1.47 bits per heavy atom. The van der Waals surface area contributed by atoms with E-state index in [0.29, 0.717) is 28.8 Å². The predicted molar refractivity (Wildman–Crippen MR) is 169 cm³/mol. The minimum Gasteiger partial charge on any atom is -0.493 e. The summed E-state index contributed by atoms with van der Waals surface area (Å²) in [5.41, 5.74) is 0.949. The highest BCUT2D eigenvalue weighted by Gasteiger charge is 2.34. The normalized spacial score (nSPS) is 12.0. The second-order valence-electron chi connectivity index (χ2n) is 10.2. The number of halogens is 2.